The number of halogens is 1. The molecule has 2 nitrogen and oxygen atoms in total. The van der Waals surface area contributed by atoms with Crippen LogP contribution in [0.25, 0.3) is 0 Å². The van der Waals surface area contributed by atoms with Crippen LogP contribution < -0.4 is 5.73 Å². The highest BCUT2D eigenvalue weighted by molar-refractivity contribution is 5.22. The van der Waals surface area contributed by atoms with Crippen molar-refractivity contribution in [1.29, 1.82) is 0 Å². The van der Waals surface area contributed by atoms with Crippen LogP contribution in [0.1, 0.15) is 45.2 Å². The van der Waals surface area contributed by atoms with Gasteiger partial charge in [0.15, 0.2) is 0 Å². The summed E-state index contributed by atoms with van der Waals surface area (Å²) in [5.74, 6) is -0.180. The van der Waals surface area contributed by atoms with Crippen molar-refractivity contribution in [3.63, 3.8) is 0 Å². The van der Waals surface area contributed by atoms with E-state index in [1.165, 1.54) is 18.9 Å². The summed E-state index contributed by atoms with van der Waals surface area (Å²) < 4.78 is 13.4. The monoisotopic (exact) mass is 264 g/mol. The Morgan fingerprint density at radius 2 is 1.89 bits per heavy atom. The summed E-state index contributed by atoms with van der Waals surface area (Å²) in [7, 11) is 0. The summed E-state index contributed by atoms with van der Waals surface area (Å²) in [5, 5.41) is 0. The zero-order chi connectivity index (χ0) is 14.0. The number of hydrogen-bond acceptors (Lipinski definition) is 2. The maximum Gasteiger partial charge on any atom is 0.123 e. The Kier molecular flexibility index (Phi) is 4.26. The topological polar surface area (TPSA) is 29.3 Å². The predicted molar refractivity (Wildman–Crippen MR) is 77.4 cm³/mol. The summed E-state index contributed by atoms with van der Waals surface area (Å²) in [6.07, 6.45) is 2.34. The molecule has 0 bridgehead atoms. The van der Waals surface area contributed by atoms with E-state index in [4.69, 9.17) is 5.73 Å². The quantitative estimate of drug-likeness (QED) is 0.907. The molecule has 2 rings (SSSR count). The average molecular weight is 264 g/mol. The van der Waals surface area contributed by atoms with E-state index in [0.717, 1.165) is 18.7 Å². The van der Waals surface area contributed by atoms with Gasteiger partial charge in [-0.25, -0.2) is 4.39 Å². The highest BCUT2D eigenvalue weighted by Crippen LogP contribution is 2.34. The third kappa shape index (κ3) is 3.54. The minimum absolute atomic E-state index is 0.00279. The van der Waals surface area contributed by atoms with Crippen LogP contribution in [0.4, 0.5) is 4.39 Å². The van der Waals surface area contributed by atoms with E-state index < -0.39 is 0 Å². The highest BCUT2D eigenvalue weighted by atomic mass is 19.1. The molecule has 1 aromatic rings. The van der Waals surface area contributed by atoms with E-state index in [1.54, 1.807) is 12.1 Å². The molecule has 2 atom stereocenters. The number of nitrogens with zero attached hydrogens (tertiary/aromatic N) is 1. The van der Waals surface area contributed by atoms with Crippen LogP contribution in [0, 0.1) is 11.2 Å². The van der Waals surface area contributed by atoms with Gasteiger partial charge in [-0.05, 0) is 56.0 Å². The Balaban J connectivity index is 2.18. The number of rotatable bonds is 3. The lowest BCUT2D eigenvalue weighted by Gasteiger charge is -2.42. The van der Waals surface area contributed by atoms with Gasteiger partial charge in [0.25, 0.3) is 0 Å². The summed E-state index contributed by atoms with van der Waals surface area (Å²) in [5.41, 5.74) is 7.57. The first-order valence-corrected chi connectivity index (χ1v) is 7.14. The third-order valence-electron chi connectivity index (χ3n) is 4.23. The van der Waals surface area contributed by atoms with Crippen molar-refractivity contribution in [2.75, 3.05) is 13.1 Å². The SMILES string of the molecule is CC(N)C(c1cccc(F)c1)N1CCC(C)(C)CC1. The van der Waals surface area contributed by atoms with Crippen LogP contribution in [0.15, 0.2) is 24.3 Å². The van der Waals surface area contributed by atoms with Crippen molar-refractivity contribution < 1.29 is 4.39 Å². The molecule has 0 radical (unpaired) electrons. The second-order valence-corrected chi connectivity index (χ2v) is 6.56. The zero-order valence-corrected chi connectivity index (χ0v) is 12.2. The van der Waals surface area contributed by atoms with Gasteiger partial charge in [0.2, 0.25) is 0 Å². The van der Waals surface area contributed by atoms with Crippen molar-refractivity contribution in [3.05, 3.63) is 35.6 Å². The second kappa shape index (κ2) is 5.59. The van der Waals surface area contributed by atoms with Gasteiger partial charge in [0, 0.05) is 12.1 Å². The lowest BCUT2D eigenvalue weighted by Crippen LogP contribution is -2.45. The molecule has 0 spiro atoms. The summed E-state index contributed by atoms with van der Waals surface area (Å²) in [4.78, 5) is 2.41. The van der Waals surface area contributed by atoms with Gasteiger partial charge in [-0.3, -0.25) is 4.90 Å². The molecule has 19 heavy (non-hydrogen) atoms. The standard InChI is InChI=1S/C16H25FN2/c1-12(18)15(13-5-4-6-14(17)11-13)19-9-7-16(2,3)8-10-19/h4-6,11-12,15H,7-10,18H2,1-3H3. The molecule has 0 aliphatic carbocycles. The van der Waals surface area contributed by atoms with Crippen molar-refractivity contribution >= 4 is 0 Å². The molecule has 1 aliphatic rings. The molecule has 3 heteroatoms. The number of nitrogens with two attached hydrogens (primary N) is 1. The number of likely N-dealkylation sites (tertiary alicyclic amines) is 1. The fourth-order valence-electron chi connectivity index (χ4n) is 2.94. The van der Waals surface area contributed by atoms with Gasteiger partial charge in [0.05, 0.1) is 0 Å². The average Bonchev–Trinajstić information content (AvgIpc) is 2.31. The van der Waals surface area contributed by atoms with E-state index in [9.17, 15) is 4.39 Å². The first-order valence-electron chi connectivity index (χ1n) is 7.14. The molecule has 106 valence electrons. The Bertz CT molecular complexity index is 419. The van der Waals surface area contributed by atoms with E-state index in [2.05, 4.69) is 18.7 Å². The van der Waals surface area contributed by atoms with Crippen LogP contribution in [-0.4, -0.2) is 24.0 Å². The van der Waals surface area contributed by atoms with Gasteiger partial charge >= 0.3 is 0 Å². The van der Waals surface area contributed by atoms with Crippen molar-refractivity contribution in [2.45, 2.75) is 45.7 Å². The predicted octanol–water partition coefficient (Wildman–Crippen LogP) is 3.34. The first-order chi connectivity index (χ1) is 8.89. The van der Waals surface area contributed by atoms with Crippen LogP contribution in [0.3, 0.4) is 0 Å². The van der Waals surface area contributed by atoms with E-state index in [-0.39, 0.29) is 17.9 Å². The summed E-state index contributed by atoms with van der Waals surface area (Å²) >= 11 is 0. The third-order valence-corrected chi connectivity index (χ3v) is 4.23. The molecule has 1 aromatic carbocycles. The molecule has 1 heterocycles. The molecular weight excluding hydrogens is 239 g/mol. The molecule has 2 N–H and O–H groups in total. The molecule has 0 amide bonds. The smallest absolute Gasteiger partial charge is 0.123 e. The van der Waals surface area contributed by atoms with Crippen LogP contribution in [0.5, 0.6) is 0 Å². The molecule has 1 fully saturated rings. The maximum atomic E-state index is 13.4. The molecule has 2 unspecified atom stereocenters. The summed E-state index contributed by atoms with van der Waals surface area (Å²) in [6.45, 7) is 8.71. The van der Waals surface area contributed by atoms with Gasteiger partial charge in [-0.1, -0.05) is 26.0 Å². The first kappa shape index (κ1) is 14.5. The minimum Gasteiger partial charge on any atom is -0.326 e. The fraction of sp³-hybridized carbons (Fsp3) is 0.625. The van der Waals surface area contributed by atoms with Crippen molar-refractivity contribution in [3.8, 4) is 0 Å². The van der Waals surface area contributed by atoms with Crippen LogP contribution in [0.2, 0.25) is 0 Å². The van der Waals surface area contributed by atoms with Crippen LogP contribution >= 0.6 is 0 Å². The van der Waals surface area contributed by atoms with Crippen molar-refractivity contribution in [2.24, 2.45) is 11.1 Å². The van der Waals surface area contributed by atoms with Gasteiger partial charge in [-0.2, -0.15) is 0 Å². The molecule has 0 saturated carbocycles. The largest absolute Gasteiger partial charge is 0.326 e. The highest BCUT2D eigenvalue weighted by Gasteiger charge is 2.31. The van der Waals surface area contributed by atoms with Crippen molar-refractivity contribution in [1.82, 2.24) is 4.90 Å². The van der Waals surface area contributed by atoms with E-state index >= 15 is 0 Å². The Labute approximate surface area is 115 Å². The molecule has 1 saturated heterocycles. The normalized spacial score (nSPS) is 23.0. The van der Waals surface area contributed by atoms with Gasteiger partial charge in [0.1, 0.15) is 5.82 Å². The number of piperidine rings is 1. The Morgan fingerprint density at radius 1 is 1.26 bits per heavy atom. The zero-order valence-electron chi connectivity index (χ0n) is 12.2. The summed E-state index contributed by atoms with van der Waals surface area (Å²) in [6, 6.07) is 6.98. The van der Waals surface area contributed by atoms with Gasteiger partial charge in [-0.15, -0.1) is 0 Å². The van der Waals surface area contributed by atoms with E-state index in [0.29, 0.717) is 5.41 Å². The Morgan fingerprint density at radius 3 is 2.42 bits per heavy atom. The maximum absolute atomic E-state index is 13.4. The lowest BCUT2D eigenvalue weighted by atomic mass is 9.81. The molecular formula is C16H25FN2. The second-order valence-electron chi connectivity index (χ2n) is 6.56. The number of hydrogen-bond donors (Lipinski definition) is 1. The fourth-order valence-corrected chi connectivity index (χ4v) is 2.94. The van der Waals surface area contributed by atoms with Crippen LogP contribution in [-0.2, 0) is 0 Å². The minimum atomic E-state index is -0.180. The van der Waals surface area contributed by atoms with E-state index in [1.807, 2.05) is 13.0 Å². The number of benzene rings is 1. The molecule has 1 aliphatic heterocycles. The Hall–Kier alpha value is -0.930. The van der Waals surface area contributed by atoms with Gasteiger partial charge < -0.3 is 5.73 Å². The lowest BCUT2D eigenvalue weighted by molar-refractivity contribution is 0.0840. The molecule has 0 aromatic heterocycles.